The van der Waals surface area contributed by atoms with Crippen molar-refractivity contribution in [1.82, 2.24) is 0 Å². The Morgan fingerprint density at radius 2 is 0.500 bits per heavy atom. The summed E-state index contributed by atoms with van der Waals surface area (Å²) >= 11 is 7.52. The topological polar surface area (TPSA) is 6.48 Å². The number of fused-ring (bicyclic) bond motifs is 13. The molecule has 4 heterocycles. The minimum Gasteiger partial charge on any atom is -0.310 e. The Morgan fingerprint density at radius 1 is 0.203 bits per heavy atom. The summed E-state index contributed by atoms with van der Waals surface area (Å²) in [6, 6.07) is 76.5. The molecule has 2 nitrogen and oxygen atoms in total. The van der Waals surface area contributed by atoms with Gasteiger partial charge in [0.25, 0.3) is 0 Å². The van der Waals surface area contributed by atoms with Crippen LogP contribution in [0.5, 0.6) is 0 Å². The van der Waals surface area contributed by atoms with Crippen LogP contribution in [0.1, 0.15) is 0 Å². The minimum absolute atomic E-state index is 1.15. The van der Waals surface area contributed by atoms with Crippen molar-refractivity contribution in [1.29, 1.82) is 0 Å². The maximum absolute atomic E-state index is 2.42. The van der Waals surface area contributed by atoms with Crippen LogP contribution in [0.3, 0.4) is 0 Å². The maximum atomic E-state index is 2.42. The number of hydrogen-bond donors (Lipinski definition) is 0. The number of rotatable bonds is 6. The second-order valence-electron chi connectivity index (χ2n) is 16.5. The molecule has 0 unspecified atom stereocenters. The van der Waals surface area contributed by atoms with Gasteiger partial charge in [0.05, 0.1) is 0 Å². The van der Waals surface area contributed by atoms with E-state index < -0.39 is 0 Å². The molecule has 6 heteroatoms. The number of hydrogen-bond acceptors (Lipinski definition) is 6. The van der Waals surface area contributed by atoms with Crippen molar-refractivity contribution in [2.75, 3.05) is 9.80 Å². The van der Waals surface area contributed by atoms with Gasteiger partial charge in [0.1, 0.15) is 0 Å². The molecular weight excluding hydrogens is 853 g/mol. The molecule has 0 fully saturated rings. The van der Waals surface area contributed by atoms with Gasteiger partial charge in [0.15, 0.2) is 0 Å². The van der Waals surface area contributed by atoms with Gasteiger partial charge in [-0.25, -0.2) is 0 Å². The van der Waals surface area contributed by atoms with Crippen molar-refractivity contribution in [2.24, 2.45) is 0 Å². The molecule has 14 rings (SSSR count). The van der Waals surface area contributed by atoms with Crippen LogP contribution >= 0.6 is 45.3 Å². The zero-order valence-electron chi connectivity index (χ0n) is 34.2. The smallest absolute Gasteiger partial charge is 0.0476 e. The van der Waals surface area contributed by atoms with E-state index in [2.05, 4.69) is 216 Å². The van der Waals surface area contributed by atoms with Gasteiger partial charge in [0, 0.05) is 115 Å². The van der Waals surface area contributed by atoms with Gasteiger partial charge in [-0.2, -0.15) is 0 Å². The summed E-state index contributed by atoms with van der Waals surface area (Å²) in [7, 11) is 0. The average Bonchev–Trinajstić information content (AvgIpc) is 4.10. The number of para-hydroxylation sites is 2. The van der Waals surface area contributed by atoms with Gasteiger partial charge in [-0.05, 0) is 120 Å². The lowest BCUT2D eigenvalue weighted by molar-refractivity contribution is 1.30. The molecule has 0 aliphatic rings. The molecule has 0 amide bonds. The maximum Gasteiger partial charge on any atom is 0.0476 e. The molecule has 4 aromatic heterocycles. The predicted octanol–water partition coefficient (Wildman–Crippen LogP) is 19.3. The minimum atomic E-state index is 1.15. The monoisotopic (exact) mass is 886 g/mol. The van der Waals surface area contributed by atoms with E-state index >= 15 is 0 Å². The molecule has 0 atom stereocenters. The third-order valence-electron chi connectivity index (χ3n) is 12.8. The Balaban J connectivity index is 0.858. The first-order valence-corrected chi connectivity index (χ1v) is 24.7. The Hall–Kier alpha value is -7.06. The van der Waals surface area contributed by atoms with Crippen LogP contribution in [0.4, 0.5) is 34.1 Å². The van der Waals surface area contributed by atoms with Crippen molar-refractivity contribution in [3.63, 3.8) is 0 Å². The van der Waals surface area contributed by atoms with Gasteiger partial charge < -0.3 is 9.80 Å². The van der Waals surface area contributed by atoms with Crippen LogP contribution < -0.4 is 9.80 Å². The van der Waals surface area contributed by atoms with E-state index in [1.807, 2.05) is 45.3 Å². The number of thiophene rings is 4. The molecule has 64 heavy (non-hydrogen) atoms. The Bertz CT molecular complexity index is 3890. The predicted molar refractivity (Wildman–Crippen MR) is 285 cm³/mol. The largest absolute Gasteiger partial charge is 0.310 e. The molecule has 14 aromatic rings. The molecule has 0 radical (unpaired) electrons. The first kappa shape index (κ1) is 36.4. The quantitative estimate of drug-likeness (QED) is 0.164. The molecule has 0 N–H and O–H groups in total. The van der Waals surface area contributed by atoms with Crippen molar-refractivity contribution < 1.29 is 0 Å². The average molecular weight is 887 g/mol. The fraction of sp³-hybridized carbons (Fsp3) is 0. The number of anilines is 6. The van der Waals surface area contributed by atoms with E-state index in [0.29, 0.717) is 0 Å². The first-order valence-electron chi connectivity index (χ1n) is 21.5. The molecule has 10 aromatic carbocycles. The van der Waals surface area contributed by atoms with Gasteiger partial charge in [-0.1, -0.05) is 97.1 Å². The molecule has 300 valence electrons. The highest BCUT2D eigenvalue weighted by atomic mass is 32.1. The highest BCUT2D eigenvalue weighted by Crippen LogP contribution is 2.47. The number of nitrogens with zero attached hydrogens (tertiary/aromatic N) is 2. The summed E-state index contributed by atoms with van der Waals surface area (Å²) < 4.78 is 10.5. The van der Waals surface area contributed by atoms with Gasteiger partial charge >= 0.3 is 0 Å². The molecule has 0 aliphatic heterocycles. The summed E-state index contributed by atoms with van der Waals surface area (Å²) in [6.07, 6.45) is 0. The van der Waals surface area contributed by atoms with Crippen LogP contribution in [0, 0.1) is 0 Å². The van der Waals surface area contributed by atoms with Crippen molar-refractivity contribution in [3.05, 3.63) is 206 Å². The molecule has 0 bridgehead atoms. The molecule has 0 spiro atoms. The third-order valence-corrected chi connectivity index (χ3v) is 17.3. The molecular formula is C58H34N2S4. The van der Waals surface area contributed by atoms with Gasteiger partial charge in [-0.3, -0.25) is 0 Å². The van der Waals surface area contributed by atoms with Crippen LogP contribution in [-0.4, -0.2) is 0 Å². The zero-order valence-corrected chi connectivity index (χ0v) is 37.4. The van der Waals surface area contributed by atoms with Gasteiger partial charge in [0.2, 0.25) is 0 Å². The van der Waals surface area contributed by atoms with Crippen molar-refractivity contribution >= 4 is 171 Å². The van der Waals surface area contributed by atoms with Crippen LogP contribution in [0.15, 0.2) is 206 Å². The Morgan fingerprint density at radius 3 is 0.891 bits per heavy atom. The fourth-order valence-electron chi connectivity index (χ4n) is 9.80. The second-order valence-corrected chi connectivity index (χ2v) is 20.8. The number of benzene rings is 10. The summed E-state index contributed by atoms with van der Waals surface area (Å²) in [4.78, 5) is 4.80. The van der Waals surface area contributed by atoms with Crippen LogP contribution in [0.2, 0.25) is 0 Å². The van der Waals surface area contributed by atoms with Crippen LogP contribution in [-0.2, 0) is 0 Å². The normalized spacial score (nSPS) is 12.1. The van der Waals surface area contributed by atoms with E-state index in [-0.39, 0.29) is 0 Å². The Labute approximate surface area is 384 Å². The van der Waals surface area contributed by atoms with E-state index in [0.717, 1.165) is 34.1 Å². The lowest BCUT2D eigenvalue weighted by atomic mass is 10.0. The fourth-order valence-corrected chi connectivity index (χ4v) is 14.4. The first-order chi connectivity index (χ1) is 31.7. The molecule has 0 aliphatic carbocycles. The van der Waals surface area contributed by atoms with Crippen molar-refractivity contribution in [3.8, 4) is 0 Å². The third kappa shape index (κ3) is 5.74. The van der Waals surface area contributed by atoms with Gasteiger partial charge in [-0.15, -0.1) is 45.3 Å². The second kappa shape index (κ2) is 14.2. The Kier molecular flexibility index (Phi) is 8.10. The van der Waals surface area contributed by atoms with Crippen LogP contribution in [0.25, 0.3) is 91.5 Å². The molecule has 0 saturated heterocycles. The highest BCUT2D eigenvalue weighted by Gasteiger charge is 2.19. The zero-order chi connectivity index (χ0) is 41.9. The van der Waals surface area contributed by atoms with E-state index in [4.69, 9.17) is 0 Å². The lowest BCUT2D eigenvalue weighted by Crippen LogP contribution is -2.09. The van der Waals surface area contributed by atoms with E-state index in [9.17, 15) is 0 Å². The molecule has 0 saturated carbocycles. The van der Waals surface area contributed by atoms with E-state index in [1.54, 1.807) is 0 Å². The van der Waals surface area contributed by atoms with E-state index in [1.165, 1.54) is 91.5 Å². The SMILES string of the molecule is c1ccc(N(c2ccc3c(c2)sc2ccccc23)c2ccc3c(c2)sc2cc4cc5c(cc4cc23)sc2cc(N(c3ccccc3)c3ccc4c(c3)sc3ccccc34)ccc25)cc1. The van der Waals surface area contributed by atoms with Crippen molar-refractivity contribution in [2.45, 2.75) is 0 Å². The lowest BCUT2D eigenvalue weighted by Gasteiger charge is -2.25. The summed E-state index contributed by atoms with van der Waals surface area (Å²) in [5.41, 5.74) is 6.95. The summed E-state index contributed by atoms with van der Waals surface area (Å²) in [5, 5.41) is 13.1. The highest BCUT2D eigenvalue weighted by molar-refractivity contribution is 7.27. The standard InChI is InChI=1S/C58H34N2S4/c1-3-11-37(12-4-1)59(39-19-23-45-43-15-7-9-17-51(43)61-55(45)31-39)41-21-25-47-49-27-35-30-54-50(28-36(35)29-53(49)63-57(47)33-41)48-26-22-42(34-58(48)64-54)60(38-13-5-2-6-14-38)40-20-24-46-44-16-8-10-18-52(44)62-56(46)32-40/h1-34H. The summed E-state index contributed by atoms with van der Waals surface area (Å²) in [5.74, 6) is 0. The summed E-state index contributed by atoms with van der Waals surface area (Å²) in [6.45, 7) is 0.